The Morgan fingerprint density at radius 2 is 2.36 bits per heavy atom. The summed E-state index contributed by atoms with van der Waals surface area (Å²) in [4.78, 5) is 0. The predicted octanol–water partition coefficient (Wildman–Crippen LogP) is 3.00. The second-order valence-electron chi connectivity index (χ2n) is 4.54. The number of fused-ring (bicyclic) bond motifs is 4. The van der Waals surface area contributed by atoms with Gasteiger partial charge in [0, 0.05) is 0 Å². The molecule has 4 atom stereocenters. The summed E-state index contributed by atoms with van der Waals surface area (Å²) in [5, 5.41) is 0. The molecule has 0 saturated heterocycles. The van der Waals surface area contributed by atoms with Crippen molar-refractivity contribution in [2.45, 2.75) is 33.1 Å². The topological polar surface area (TPSA) is 0 Å². The minimum atomic E-state index is 0.851. The summed E-state index contributed by atoms with van der Waals surface area (Å²) in [5.41, 5.74) is 2.63. The molecule has 0 aliphatic heterocycles. The zero-order valence-corrected chi connectivity index (χ0v) is 7.43. The van der Waals surface area contributed by atoms with Crippen LogP contribution in [-0.2, 0) is 0 Å². The van der Waals surface area contributed by atoms with Crippen LogP contribution in [0.5, 0.6) is 0 Å². The van der Waals surface area contributed by atoms with Gasteiger partial charge in [-0.1, -0.05) is 25.5 Å². The zero-order valence-electron chi connectivity index (χ0n) is 7.43. The maximum absolute atomic E-state index is 2.57. The second kappa shape index (κ2) is 1.57. The molecule has 3 aliphatic rings. The van der Waals surface area contributed by atoms with Gasteiger partial charge in [0.25, 0.3) is 0 Å². The fourth-order valence-corrected chi connectivity index (χ4v) is 3.69. The molecular weight excluding hydrogens is 132 g/mol. The van der Waals surface area contributed by atoms with Crippen LogP contribution in [0.15, 0.2) is 11.6 Å². The summed E-state index contributed by atoms with van der Waals surface area (Å²) in [6, 6.07) is 0. The minimum absolute atomic E-state index is 0.851. The van der Waals surface area contributed by atoms with Crippen molar-refractivity contribution in [1.82, 2.24) is 0 Å². The van der Waals surface area contributed by atoms with Gasteiger partial charge in [0.1, 0.15) is 0 Å². The summed E-state index contributed by atoms with van der Waals surface area (Å²) in [5.74, 6) is 3.24. The number of hydrogen-bond acceptors (Lipinski definition) is 0. The highest BCUT2D eigenvalue weighted by Gasteiger charge is 2.74. The molecule has 60 valence electrons. The van der Waals surface area contributed by atoms with Gasteiger partial charge in [-0.2, -0.15) is 0 Å². The fraction of sp³-hybridized carbons (Fsp3) is 0.818. The largest absolute Gasteiger partial charge is 0.0807 e. The van der Waals surface area contributed by atoms with Crippen molar-refractivity contribution in [2.24, 2.45) is 23.2 Å². The van der Waals surface area contributed by atoms with Crippen LogP contribution < -0.4 is 0 Å². The van der Waals surface area contributed by atoms with Gasteiger partial charge >= 0.3 is 0 Å². The molecule has 0 heteroatoms. The van der Waals surface area contributed by atoms with Crippen LogP contribution >= 0.6 is 0 Å². The molecular formula is C11H16. The Bertz CT molecular complexity index is 238. The van der Waals surface area contributed by atoms with E-state index in [2.05, 4.69) is 19.9 Å². The predicted molar refractivity (Wildman–Crippen MR) is 46.2 cm³/mol. The van der Waals surface area contributed by atoms with Gasteiger partial charge in [-0.05, 0) is 42.4 Å². The van der Waals surface area contributed by atoms with Gasteiger partial charge in [-0.15, -0.1) is 0 Å². The van der Waals surface area contributed by atoms with Crippen LogP contribution in [0.4, 0.5) is 0 Å². The Labute approximate surface area is 68.7 Å². The average molecular weight is 148 g/mol. The first kappa shape index (κ1) is 6.28. The van der Waals surface area contributed by atoms with Crippen molar-refractivity contribution >= 4 is 0 Å². The summed E-state index contributed by atoms with van der Waals surface area (Å²) >= 11 is 0. The first-order valence-electron chi connectivity index (χ1n) is 5.04. The molecule has 3 aliphatic carbocycles. The Balaban J connectivity index is 1.85. The Morgan fingerprint density at radius 3 is 2.91 bits per heavy atom. The maximum Gasteiger partial charge on any atom is -0.0101 e. The lowest BCUT2D eigenvalue weighted by molar-refractivity contribution is 0.0887. The summed E-state index contributed by atoms with van der Waals surface area (Å²) in [6.45, 7) is 4.67. The monoisotopic (exact) mass is 148 g/mol. The lowest BCUT2D eigenvalue weighted by Gasteiger charge is -2.51. The molecule has 11 heavy (non-hydrogen) atoms. The molecule has 0 aromatic carbocycles. The molecule has 3 rings (SSSR count). The summed E-state index contributed by atoms with van der Waals surface area (Å²) in [7, 11) is 0. The van der Waals surface area contributed by atoms with Crippen molar-refractivity contribution < 1.29 is 0 Å². The van der Waals surface area contributed by atoms with E-state index in [0.29, 0.717) is 0 Å². The molecule has 0 aromatic heterocycles. The van der Waals surface area contributed by atoms with Gasteiger partial charge in [-0.3, -0.25) is 0 Å². The smallest absolute Gasteiger partial charge is 0.0101 e. The minimum Gasteiger partial charge on any atom is -0.0807 e. The van der Waals surface area contributed by atoms with E-state index in [1.807, 2.05) is 0 Å². The van der Waals surface area contributed by atoms with E-state index in [1.54, 1.807) is 12.0 Å². The highest BCUT2D eigenvalue weighted by molar-refractivity contribution is 5.41. The highest BCUT2D eigenvalue weighted by atomic mass is 14.8. The van der Waals surface area contributed by atoms with Crippen LogP contribution in [0, 0.1) is 23.2 Å². The molecule has 0 nitrogen and oxygen atoms in total. The van der Waals surface area contributed by atoms with E-state index in [9.17, 15) is 0 Å². The van der Waals surface area contributed by atoms with Crippen molar-refractivity contribution in [3.8, 4) is 0 Å². The maximum atomic E-state index is 2.57. The number of hydrogen-bond donors (Lipinski definition) is 0. The SMILES string of the molecule is CCC1=CC2C1C1CC21CC. The lowest BCUT2D eigenvalue weighted by atomic mass is 9.53. The van der Waals surface area contributed by atoms with Gasteiger partial charge in [0.15, 0.2) is 0 Å². The van der Waals surface area contributed by atoms with Crippen LogP contribution in [0.2, 0.25) is 0 Å². The standard InChI is InChI=1S/C11H16/c1-3-7-5-8-10(7)9-6-11(8,9)4-2/h5,8-10H,3-4,6H2,1-2H3. The van der Waals surface area contributed by atoms with Crippen LogP contribution in [0.3, 0.4) is 0 Å². The van der Waals surface area contributed by atoms with E-state index >= 15 is 0 Å². The average Bonchev–Trinajstić information content (AvgIpc) is 2.59. The first-order valence-corrected chi connectivity index (χ1v) is 5.04. The van der Waals surface area contributed by atoms with Crippen LogP contribution in [0.25, 0.3) is 0 Å². The van der Waals surface area contributed by atoms with Gasteiger partial charge in [-0.25, -0.2) is 0 Å². The molecule has 0 heterocycles. The van der Waals surface area contributed by atoms with Crippen molar-refractivity contribution in [2.75, 3.05) is 0 Å². The Hall–Kier alpha value is -0.260. The molecule has 0 bridgehead atoms. The van der Waals surface area contributed by atoms with Crippen LogP contribution in [-0.4, -0.2) is 0 Å². The first-order chi connectivity index (χ1) is 5.33. The lowest BCUT2D eigenvalue weighted by Crippen LogP contribution is -2.44. The van der Waals surface area contributed by atoms with Crippen LogP contribution in [0.1, 0.15) is 33.1 Å². The third-order valence-corrected chi connectivity index (χ3v) is 4.55. The quantitative estimate of drug-likeness (QED) is 0.528. The molecule has 4 unspecified atom stereocenters. The highest BCUT2D eigenvalue weighted by Crippen LogP contribution is 2.81. The van der Waals surface area contributed by atoms with Gasteiger partial charge in [0.05, 0.1) is 0 Å². The van der Waals surface area contributed by atoms with Crippen molar-refractivity contribution in [3.05, 3.63) is 11.6 Å². The fourth-order valence-electron chi connectivity index (χ4n) is 3.69. The molecule has 0 N–H and O–H groups in total. The number of rotatable bonds is 2. The van der Waals surface area contributed by atoms with Gasteiger partial charge in [0.2, 0.25) is 0 Å². The molecule has 0 amide bonds. The van der Waals surface area contributed by atoms with E-state index in [0.717, 1.165) is 23.2 Å². The molecule has 0 aromatic rings. The zero-order chi connectivity index (χ0) is 7.64. The van der Waals surface area contributed by atoms with E-state index in [4.69, 9.17) is 0 Å². The summed E-state index contributed by atoms with van der Waals surface area (Å²) in [6.07, 6.45) is 6.88. The van der Waals surface area contributed by atoms with E-state index < -0.39 is 0 Å². The molecule has 0 spiro atoms. The Kier molecular flexibility index (Phi) is 0.898. The molecule has 2 saturated carbocycles. The van der Waals surface area contributed by atoms with Crippen molar-refractivity contribution in [1.29, 1.82) is 0 Å². The third kappa shape index (κ3) is 0.457. The van der Waals surface area contributed by atoms with Crippen molar-refractivity contribution in [3.63, 3.8) is 0 Å². The molecule has 2 fully saturated rings. The van der Waals surface area contributed by atoms with E-state index in [-0.39, 0.29) is 0 Å². The Morgan fingerprint density at radius 1 is 1.55 bits per heavy atom. The normalized spacial score (nSPS) is 56.5. The number of allylic oxidation sites excluding steroid dienone is 2. The molecule has 0 radical (unpaired) electrons. The van der Waals surface area contributed by atoms with E-state index in [1.165, 1.54) is 12.8 Å². The third-order valence-electron chi connectivity index (χ3n) is 4.55. The second-order valence-corrected chi connectivity index (χ2v) is 4.54. The summed E-state index contributed by atoms with van der Waals surface area (Å²) < 4.78 is 0. The van der Waals surface area contributed by atoms with Gasteiger partial charge < -0.3 is 0 Å².